The predicted octanol–water partition coefficient (Wildman–Crippen LogP) is 6.47. The maximum Gasteiger partial charge on any atom is 0.337 e. The van der Waals surface area contributed by atoms with Crippen LogP contribution in [0.3, 0.4) is 0 Å². The third-order valence-electron chi connectivity index (χ3n) is 10.7. The number of methoxy groups -OCH3 is 1. The Balaban J connectivity index is 1.05. The minimum absolute atomic E-state index is 0.0340. The van der Waals surface area contributed by atoms with Crippen molar-refractivity contribution in [2.75, 3.05) is 49.9 Å². The van der Waals surface area contributed by atoms with Crippen molar-refractivity contribution in [1.82, 2.24) is 4.90 Å². The maximum atomic E-state index is 15.7. The lowest BCUT2D eigenvalue weighted by Gasteiger charge is -2.60. The molecule has 1 aliphatic carbocycles. The molecular weight excluding hydrogens is 648 g/mol. The van der Waals surface area contributed by atoms with Crippen molar-refractivity contribution in [2.45, 2.75) is 50.4 Å². The molecule has 47 heavy (non-hydrogen) atoms. The van der Waals surface area contributed by atoms with E-state index in [1.54, 1.807) is 37.4 Å². The summed E-state index contributed by atoms with van der Waals surface area (Å²) < 4.78 is 33.2. The highest BCUT2D eigenvalue weighted by molar-refractivity contribution is 6.40. The molecule has 3 aromatic rings. The van der Waals surface area contributed by atoms with Crippen LogP contribution >= 0.6 is 23.2 Å². The van der Waals surface area contributed by atoms with Gasteiger partial charge < -0.3 is 34.0 Å². The molecule has 0 aromatic heterocycles. The number of amides is 1. The van der Waals surface area contributed by atoms with Crippen LogP contribution in [0, 0.1) is 11.2 Å². The topological polar surface area (TPSA) is 91.8 Å². The maximum absolute atomic E-state index is 15.7. The van der Waals surface area contributed by atoms with E-state index >= 15 is 4.39 Å². The van der Waals surface area contributed by atoms with Gasteiger partial charge in [0, 0.05) is 48.0 Å². The number of nitrogens with zero attached hydrogens (tertiary/aromatic N) is 3. The van der Waals surface area contributed by atoms with Crippen LogP contribution < -0.4 is 14.5 Å². The lowest BCUT2D eigenvalue weighted by atomic mass is 9.61. The second-order valence-corrected chi connectivity index (χ2v) is 14.1. The molecule has 1 amide bonds. The van der Waals surface area contributed by atoms with E-state index in [2.05, 4.69) is 9.80 Å². The van der Waals surface area contributed by atoms with Crippen LogP contribution in [0.15, 0.2) is 42.5 Å². The number of morpholine rings is 1. The Morgan fingerprint density at radius 3 is 2.38 bits per heavy atom. The zero-order chi connectivity index (χ0) is 32.6. The van der Waals surface area contributed by atoms with Gasteiger partial charge in [-0.15, -0.1) is 0 Å². The van der Waals surface area contributed by atoms with Crippen LogP contribution in [-0.2, 0) is 16.0 Å². The quantitative estimate of drug-likeness (QED) is 0.317. The normalized spacial score (nSPS) is 24.0. The lowest BCUT2D eigenvalue weighted by molar-refractivity contribution is -0.106. The average molecular weight is 683 g/mol. The fourth-order valence-corrected chi connectivity index (χ4v) is 8.83. The van der Waals surface area contributed by atoms with Crippen LogP contribution in [0.1, 0.15) is 52.0 Å². The number of hydrogen-bond donors (Lipinski definition) is 1. The number of benzene rings is 3. The Bertz CT molecular complexity index is 1760. The van der Waals surface area contributed by atoms with Crippen molar-refractivity contribution in [2.24, 2.45) is 5.41 Å². The summed E-state index contributed by atoms with van der Waals surface area (Å²) in [6.07, 6.45) is 4.25. The molecule has 1 N–H and O–H groups in total. The monoisotopic (exact) mass is 681 g/mol. The third-order valence-corrected chi connectivity index (χ3v) is 11.3. The summed E-state index contributed by atoms with van der Waals surface area (Å²) in [6, 6.07) is 11.7. The fraction of sp³-hybridized carbons (Fsp3) is 0.429. The second kappa shape index (κ2) is 11.5. The Kier molecular flexibility index (Phi) is 7.55. The van der Waals surface area contributed by atoms with E-state index in [1.165, 1.54) is 4.90 Å². The van der Waals surface area contributed by atoms with Crippen LogP contribution in [-0.4, -0.2) is 80.2 Å². The van der Waals surface area contributed by atoms with Gasteiger partial charge in [-0.3, -0.25) is 4.79 Å². The Hall–Kier alpha value is -3.57. The van der Waals surface area contributed by atoms with E-state index in [9.17, 15) is 14.7 Å². The van der Waals surface area contributed by atoms with E-state index in [4.69, 9.17) is 37.4 Å². The minimum atomic E-state index is -1.19. The number of ether oxygens (including phenoxy) is 3. The molecule has 3 aromatic carbocycles. The number of rotatable bonds is 6. The van der Waals surface area contributed by atoms with Crippen molar-refractivity contribution in [3.63, 3.8) is 0 Å². The number of carboxylic acids is 1. The van der Waals surface area contributed by atoms with E-state index < -0.39 is 11.8 Å². The van der Waals surface area contributed by atoms with Crippen LogP contribution in [0.25, 0.3) is 11.1 Å². The van der Waals surface area contributed by atoms with E-state index in [-0.39, 0.29) is 69.5 Å². The molecule has 1 saturated carbocycles. The van der Waals surface area contributed by atoms with Gasteiger partial charge in [-0.25, -0.2) is 9.18 Å². The van der Waals surface area contributed by atoms with Crippen molar-refractivity contribution in [1.29, 1.82) is 0 Å². The largest absolute Gasteiger partial charge is 0.478 e. The van der Waals surface area contributed by atoms with Gasteiger partial charge in [0.05, 0.1) is 64.8 Å². The number of para-hydroxylation sites is 1. The van der Waals surface area contributed by atoms with E-state index in [0.29, 0.717) is 35.8 Å². The standard InChI is InChI=1S/C35H34Cl2FN3O6/c1-45-30-7-8-35(30)16-40(17-35)22-9-26(36)31(27(37)10-22)33(42)39-13-19-3-2-4-23(32(19)47-18-39)24-12-29(25(34(43)44)11-28(24)38)41-20-5-6-21(41)15-46-14-20/h2-4,9-12,20-21,30H,5-8,13-18H2,1H3,(H,43,44)/t20?,21?,30-/m1/s1. The van der Waals surface area contributed by atoms with Crippen LogP contribution in [0.5, 0.6) is 5.75 Å². The summed E-state index contributed by atoms with van der Waals surface area (Å²) in [4.78, 5) is 31.8. The van der Waals surface area contributed by atoms with Crippen molar-refractivity contribution >= 4 is 46.5 Å². The first kappa shape index (κ1) is 30.7. The minimum Gasteiger partial charge on any atom is -0.478 e. The van der Waals surface area contributed by atoms with E-state index in [0.717, 1.165) is 50.5 Å². The number of carboxylic acid groups (broad SMARTS) is 1. The zero-order valence-corrected chi connectivity index (χ0v) is 27.3. The van der Waals surface area contributed by atoms with Gasteiger partial charge in [0.2, 0.25) is 0 Å². The molecular formula is C35H34Cl2FN3O6. The lowest BCUT2D eigenvalue weighted by Crippen LogP contribution is -2.67. The predicted molar refractivity (Wildman–Crippen MR) is 175 cm³/mol. The zero-order valence-electron chi connectivity index (χ0n) is 25.8. The number of fused-ring (bicyclic) bond motifs is 3. The molecule has 5 aliphatic rings. The molecule has 0 radical (unpaired) electrons. The number of carbonyl (C=O) groups is 2. The SMILES string of the molecule is CO[C@@H]1CCC12CN(c1cc(Cl)c(C(=O)N3COc4c(cccc4-c4cc(N5C6CCC5COC6)c(C(=O)O)cc4F)C3)c(Cl)c1)C2. The van der Waals surface area contributed by atoms with Gasteiger partial charge in [0.15, 0.2) is 6.73 Å². The highest BCUT2D eigenvalue weighted by atomic mass is 35.5. The molecule has 8 rings (SSSR count). The Labute approximate surface area is 281 Å². The summed E-state index contributed by atoms with van der Waals surface area (Å²) >= 11 is 13.4. The average Bonchev–Trinajstić information content (AvgIpc) is 3.26. The first-order valence-corrected chi connectivity index (χ1v) is 16.7. The van der Waals surface area contributed by atoms with Crippen molar-refractivity contribution in [3.8, 4) is 16.9 Å². The van der Waals surface area contributed by atoms with Crippen molar-refractivity contribution < 1.29 is 33.3 Å². The molecule has 4 fully saturated rings. The van der Waals surface area contributed by atoms with Gasteiger partial charge in [-0.05, 0) is 49.9 Å². The van der Waals surface area contributed by atoms with Crippen LogP contribution in [0.4, 0.5) is 15.8 Å². The number of anilines is 2. The molecule has 12 heteroatoms. The molecule has 3 saturated heterocycles. The molecule has 4 aliphatic heterocycles. The highest BCUT2D eigenvalue weighted by Crippen LogP contribution is 2.52. The summed E-state index contributed by atoms with van der Waals surface area (Å²) in [5.41, 5.74) is 3.06. The first-order valence-electron chi connectivity index (χ1n) is 15.9. The van der Waals surface area contributed by atoms with Crippen LogP contribution in [0.2, 0.25) is 10.0 Å². The molecule has 3 atom stereocenters. The molecule has 4 heterocycles. The molecule has 2 unspecified atom stereocenters. The van der Waals surface area contributed by atoms with Gasteiger partial charge in [0.1, 0.15) is 11.6 Å². The molecule has 2 bridgehead atoms. The first-order chi connectivity index (χ1) is 22.7. The molecule has 9 nitrogen and oxygen atoms in total. The van der Waals surface area contributed by atoms with Gasteiger partial charge >= 0.3 is 5.97 Å². The van der Waals surface area contributed by atoms with Crippen molar-refractivity contribution in [3.05, 3.63) is 75.0 Å². The Morgan fingerprint density at radius 2 is 1.74 bits per heavy atom. The number of aromatic carboxylic acids is 1. The highest BCUT2D eigenvalue weighted by Gasteiger charge is 2.55. The van der Waals surface area contributed by atoms with Gasteiger partial charge in [-0.2, -0.15) is 0 Å². The second-order valence-electron chi connectivity index (χ2n) is 13.3. The summed E-state index contributed by atoms with van der Waals surface area (Å²) in [5.74, 6) is -1.78. The number of halogens is 3. The number of hydrogen-bond acceptors (Lipinski definition) is 7. The van der Waals surface area contributed by atoms with E-state index in [1.807, 2.05) is 6.07 Å². The van der Waals surface area contributed by atoms with Gasteiger partial charge in [-0.1, -0.05) is 41.4 Å². The molecule has 1 spiro atoms. The summed E-state index contributed by atoms with van der Waals surface area (Å²) in [5, 5.41) is 10.5. The third kappa shape index (κ3) is 4.94. The summed E-state index contributed by atoms with van der Waals surface area (Å²) in [7, 11) is 1.76. The summed E-state index contributed by atoms with van der Waals surface area (Å²) in [6.45, 7) is 2.82. The molecule has 246 valence electrons. The van der Waals surface area contributed by atoms with Gasteiger partial charge in [0.25, 0.3) is 5.91 Å². The fourth-order valence-electron chi connectivity index (χ4n) is 8.19. The smallest absolute Gasteiger partial charge is 0.337 e. The number of carbonyl (C=O) groups excluding carboxylic acids is 1. The Morgan fingerprint density at radius 1 is 1.02 bits per heavy atom.